The number of hydrogen-bond donors (Lipinski definition) is 1. The van der Waals surface area contributed by atoms with Crippen molar-refractivity contribution in [2.45, 2.75) is 6.04 Å². The Labute approximate surface area is 156 Å². The molecule has 2 aromatic rings. The van der Waals surface area contributed by atoms with E-state index in [1.54, 1.807) is 24.3 Å². The van der Waals surface area contributed by atoms with Crippen molar-refractivity contribution >= 4 is 17.4 Å². The van der Waals surface area contributed by atoms with Crippen LogP contribution < -0.4 is 4.74 Å². The van der Waals surface area contributed by atoms with Gasteiger partial charge in [-0.2, -0.15) is 0 Å². The highest BCUT2D eigenvalue weighted by molar-refractivity contribution is 6.46. The van der Waals surface area contributed by atoms with Gasteiger partial charge in [0, 0.05) is 12.1 Å². The summed E-state index contributed by atoms with van der Waals surface area (Å²) < 4.78 is 18.4. The van der Waals surface area contributed by atoms with Crippen LogP contribution in [0.1, 0.15) is 17.2 Å². The number of ketones is 1. The van der Waals surface area contributed by atoms with E-state index < -0.39 is 23.5 Å². The first kappa shape index (κ1) is 18.4. The van der Waals surface area contributed by atoms with Crippen molar-refractivity contribution in [3.63, 3.8) is 0 Å². The van der Waals surface area contributed by atoms with Gasteiger partial charge in [-0.25, -0.2) is 4.39 Å². The number of carbonyl (C=O) groups is 2. The predicted molar refractivity (Wildman–Crippen MR) is 98.6 cm³/mol. The second-order valence-corrected chi connectivity index (χ2v) is 6.02. The molecule has 27 heavy (non-hydrogen) atoms. The third-order valence-electron chi connectivity index (χ3n) is 4.41. The van der Waals surface area contributed by atoms with Crippen LogP contribution in [0.3, 0.4) is 0 Å². The summed E-state index contributed by atoms with van der Waals surface area (Å²) in [7, 11) is 1.52. The number of methoxy groups -OCH3 is 1. The van der Waals surface area contributed by atoms with Crippen LogP contribution in [-0.2, 0) is 9.59 Å². The van der Waals surface area contributed by atoms with Crippen LogP contribution in [0, 0.1) is 5.82 Å². The highest BCUT2D eigenvalue weighted by atomic mass is 19.1. The van der Waals surface area contributed by atoms with E-state index in [0.29, 0.717) is 16.9 Å². The Morgan fingerprint density at radius 3 is 2.37 bits per heavy atom. The molecule has 0 aromatic heterocycles. The topological polar surface area (TPSA) is 66.8 Å². The van der Waals surface area contributed by atoms with Gasteiger partial charge in [0.25, 0.3) is 11.7 Å². The standard InChI is InChI=1S/C21H18FNO4/c1-3-12-23-18(13-4-8-15(22)9-5-13)17(20(25)21(23)26)19(24)14-6-10-16(27-2)11-7-14/h3-11,18,24H,1,12H2,2H3. The number of aliphatic hydroxyl groups is 1. The van der Waals surface area contributed by atoms with Crippen LogP contribution in [0.2, 0.25) is 0 Å². The quantitative estimate of drug-likeness (QED) is 0.380. The maximum absolute atomic E-state index is 13.3. The third-order valence-corrected chi connectivity index (χ3v) is 4.41. The first-order valence-corrected chi connectivity index (χ1v) is 8.27. The van der Waals surface area contributed by atoms with E-state index in [-0.39, 0.29) is 17.9 Å². The van der Waals surface area contributed by atoms with Crippen LogP contribution in [0.15, 0.2) is 66.8 Å². The lowest BCUT2D eigenvalue weighted by molar-refractivity contribution is -0.139. The largest absolute Gasteiger partial charge is 0.507 e. The molecule has 1 heterocycles. The van der Waals surface area contributed by atoms with Gasteiger partial charge in [0.1, 0.15) is 17.3 Å². The lowest BCUT2D eigenvalue weighted by Crippen LogP contribution is -2.29. The molecule has 1 saturated heterocycles. The molecular weight excluding hydrogens is 349 g/mol. The summed E-state index contributed by atoms with van der Waals surface area (Å²) in [6, 6.07) is 11.1. The molecular formula is C21H18FNO4. The molecule has 0 bridgehead atoms. The fraction of sp³-hybridized carbons (Fsp3) is 0.143. The van der Waals surface area contributed by atoms with E-state index in [1.807, 2.05) is 0 Å². The molecule has 1 atom stereocenters. The summed E-state index contributed by atoms with van der Waals surface area (Å²) in [5.41, 5.74) is 0.852. The molecule has 2 aromatic carbocycles. The van der Waals surface area contributed by atoms with E-state index in [4.69, 9.17) is 4.74 Å². The molecule has 3 rings (SSSR count). The minimum Gasteiger partial charge on any atom is -0.507 e. The number of halogens is 1. The number of benzene rings is 2. The van der Waals surface area contributed by atoms with Gasteiger partial charge in [0.15, 0.2) is 0 Å². The highest BCUT2D eigenvalue weighted by Crippen LogP contribution is 2.39. The number of aliphatic hydroxyl groups excluding tert-OH is 1. The number of rotatable bonds is 5. The SMILES string of the molecule is C=CCN1C(=O)C(=O)C(=C(O)c2ccc(OC)cc2)C1c1ccc(F)cc1. The number of ether oxygens (including phenoxy) is 1. The Balaban J connectivity index is 2.16. The summed E-state index contributed by atoms with van der Waals surface area (Å²) in [5, 5.41) is 10.8. The maximum atomic E-state index is 13.3. The van der Waals surface area contributed by atoms with E-state index in [0.717, 1.165) is 0 Å². The van der Waals surface area contributed by atoms with Crippen LogP contribution in [0.25, 0.3) is 5.76 Å². The van der Waals surface area contributed by atoms with Crippen molar-refractivity contribution in [1.29, 1.82) is 0 Å². The minimum absolute atomic E-state index is 0.0429. The fourth-order valence-electron chi connectivity index (χ4n) is 3.10. The number of Topliss-reactive ketones (excluding diaryl/α,β-unsaturated/α-hetero) is 1. The molecule has 1 unspecified atom stereocenters. The Kier molecular flexibility index (Phi) is 5.07. The maximum Gasteiger partial charge on any atom is 0.295 e. The van der Waals surface area contributed by atoms with Crippen molar-refractivity contribution in [3.8, 4) is 5.75 Å². The molecule has 1 amide bonds. The fourth-order valence-corrected chi connectivity index (χ4v) is 3.10. The van der Waals surface area contributed by atoms with Gasteiger partial charge in [-0.3, -0.25) is 9.59 Å². The predicted octanol–water partition coefficient (Wildman–Crippen LogP) is 3.44. The first-order chi connectivity index (χ1) is 13.0. The second-order valence-electron chi connectivity index (χ2n) is 6.02. The number of carbonyl (C=O) groups excluding carboxylic acids is 2. The summed E-state index contributed by atoms with van der Waals surface area (Å²) in [4.78, 5) is 26.4. The molecule has 0 saturated carbocycles. The number of nitrogens with zero attached hydrogens (tertiary/aromatic N) is 1. The molecule has 5 nitrogen and oxygen atoms in total. The molecule has 0 spiro atoms. The van der Waals surface area contributed by atoms with E-state index in [2.05, 4.69) is 6.58 Å². The molecule has 1 fully saturated rings. The molecule has 6 heteroatoms. The van der Waals surface area contributed by atoms with Crippen molar-refractivity contribution in [3.05, 3.63) is 83.7 Å². The molecule has 1 N–H and O–H groups in total. The zero-order valence-electron chi connectivity index (χ0n) is 14.7. The molecule has 0 radical (unpaired) electrons. The van der Waals surface area contributed by atoms with E-state index in [9.17, 15) is 19.1 Å². The van der Waals surface area contributed by atoms with Gasteiger partial charge in [-0.15, -0.1) is 6.58 Å². The highest BCUT2D eigenvalue weighted by Gasteiger charge is 2.45. The van der Waals surface area contributed by atoms with Gasteiger partial charge >= 0.3 is 0 Å². The molecule has 1 aliphatic heterocycles. The van der Waals surface area contributed by atoms with Crippen molar-refractivity contribution in [2.75, 3.05) is 13.7 Å². The van der Waals surface area contributed by atoms with Crippen LogP contribution in [0.5, 0.6) is 5.75 Å². The normalized spacial score (nSPS) is 18.6. The molecule has 138 valence electrons. The number of hydrogen-bond acceptors (Lipinski definition) is 4. The zero-order chi connectivity index (χ0) is 19.6. The van der Waals surface area contributed by atoms with Gasteiger partial charge < -0.3 is 14.7 Å². The second kappa shape index (κ2) is 7.45. The van der Waals surface area contributed by atoms with Gasteiger partial charge in [-0.1, -0.05) is 18.2 Å². The van der Waals surface area contributed by atoms with Crippen molar-refractivity contribution in [1.82, 2.24) is 4.90 Å². The van der Waals surface area contributed by atoms with Crippen molar-refractivity contribution in [2.24, 2.45) is 0 Å². The lowest BCUT2D eigenvalue weighted by Gasteiger charge is -2.24. The van der Waals surface area contributed by atoms with Crippen molar-refractivity contribution < 1.29 is 23.8 Å². The Morgan fingerprint density at radius 1 is 1.19 bits per heavy atom. The van der Waals surface area contributed by atoms with Crippen LogP contribution >= 0.6 is 0 Å². The smallest absolute Gasteiger partial charge is 0.295 e. The minimum atomic E-state index is -0.828. The molecule has 1 aliphatic rings. The average Bonchev–Trinajstić information content (AvgIpc) is 2.93. The molecule has 0 aliphatic carbocycles. The average molecular weight is 367 g/mol. The Morgan fingerprint density at radius 2 is 1.81 bits per heavy atom. The summed E-state index contributed by atoms with van der Waals surface area (Å²) in [6.45, 7) is 3.73. The van der Waals surface area contributed by atoms with Gasteiger partial charge in [0.2, 0.25) is 0 Å². The van der Waals surface area contributed by atoms with Gasteiger partial charge in [-0.05, 0) is 42.0 Å². The zero-order valence-corrected chi connectivity index (χ0v) is 14.7. The Bertz CT molecular complexity index is 916. The Hall–Kier alpha value is -3.41. The number of likely N-dealkylation sites (tertiary alicyclic amines) is 1. The lowest BCUT2D eigenvalue weighted by atomic mass is 9.95. The third kappa shape index (κ3) is 3.33. The van der Waals surface area contributed by atoms with E-state index >= 15 is 0 Å². The van der Waals surface area contributed by atoms with Crippen LogP contribution in [0.4, 0.5) is 4.39 Å². The van der Waals surface area contributed by atoms with Gasteiger partial charge in [0.05, 0.1) is 18.7 Å². The van der Waals surface area contributed by atoms with Crippen LogP contribution in [-0.4, -0.2) is 35.4 Å². The monoisotopic (exact) mass is 367 g/mol. The number of amides is 1. The van der Waals surface area contributed by atoms with E-state index in [1.165, 1.54) is 42.4 Å². The summed E-state index contributed by atoms with van der Waals surface area (Å²) in [6.07, 6.45) is 1.50. The first-order valence-electron chi connectivity index (χ1n) is 8.27. The summed E-state index contributed by atoms with van der Waals surface area (Å²) >= 11 is 0. The summed E-state index contributed by atoms with van der Waals surface area (Å²) in [5.74, 6) is -1.67.